The molecular formula is C14H15Cl2NOS. The van der Waals surface area contributed by atoms with E-state index in [0.717, 1.165) is 13.0 Å². The third kappa shape index (κ3) is 4.48. The van der Waals surface area contributed by atoms with Crippen molar-refractivity contribution >= 4 is 34.5 Å². The van der Waals surface area contributed by atoms with Gasteiger partial charge < -0.3 is 10.4 Å². The van der Waals surface area contributed by atoms with Gasteiger partial charge in [-0.3, -0.25) is 0 Å². The predicted octanol–water partition coefficient (Wildman–Crippen LogP) is 3.92. The van der Waals surface area contributed by atoms with Crippen molar-refractivity contribution < 1.29 is 5.11 Å². The van der Waals surface area contributed by atoms with Crippen molar-refractivity contribution in [1.29, 1.82) is 0 Å². The Hall–Kier alpha value is -0.580. The molecule has 0 aliphatic heterocycles. The minimum atomic E-state index is -0.644. The van der Waals surface area contributed by atoms with Crippen LogP contribution in [0, 0.1) is 0 Å². The number of hydrogen-bond acceptors (Lipinski definition) is 3. The molecule has 0 saturated heterocycles. The smallest absolute Gasteiger partial charge is 0.0929 e. The van der Waals surface area contributed by atoms with Crippen molar-refractivity contribution in [3.05, 3.63) is 56.2 Å². The number of thiophene rings is 1. The molecule has 2 nitrogen and oxygen atoms in total. The Morgan fingerprint density at radius 3 is 2.84 bits per heavy atom. The van der Waals surface area contributed by atoms with Crippen molar-refractivity contribution in [1.82, 2.24) is 5.32 Å². The van der Waals surface area contributed by atoms with Crippen LogP contribution in [-0.2, 0) is 6.42 Å². The molecule has 1 heterocycles. The molecule has 2 rings (SSSR count). The first-order chi connectivity index (χ1) is 9.16. The molecule has 2 aromatic rings. The van der Waals surface area contributed by atoms with E-state index in [9.17, 15) is 5.11 Å². The van der Waals surface area contributed by atoms with Gasteiger partial charge in [0.15, 0.2) is 0 Å². The molecule has 0 fully saturated rings. The molecule has 0 aliphatic carbocycles. The number of benzene rings is 1. The molecule has 0 amide bonds. The molecule has 0 saturated carbocycles. The summed E-state index contributed by atoms with van der Waals surface area (Å²) in [6.45, 7) is 1.29. The fourth-order valence-corrected chi connectivity index (χ4v) is 2.92. The Morgan fingerprint density at radius 1 is 1.26 bits per heavy atom. The predicted molar refractivity (Wildman–Crippen MR) is 82.3 cm³/mol. The zero-order valence-corrected chi connectivity index (χ0v) is 12.6. The molecule has 0 radical (unpaired) electrons. The summed E-state index contributed by atoms with van der Waals surface area (Å²) >= 11 is 13.7. The van der Waals surface area contributed by atoms with E-state index in [4.69, 9.17) is 23.2 Å². The van der Waals surface area contributed by atoms with E-state index < -0.39 is 6.10 Å². The Bertz CT molecular complexity index is 516. The average molecular weight is 316 g/mol. The van der Waals surface area contributed by atoms with Crippen molar-refractivity contribution in [3.8, 4) is 0 Å². The number of halogens is 2. The SMILES string of the molecule is OC(CNCCc1cccs1)c1cc(Cl)ccc1Cl. The molecule has 1 aromatic carbocycles. The van der Waals surface area contributed by atoms with Crippen molar-refractivity contribution in [2.75, 3.05) is 13.1 Å². The molecule has 1 unspecified atom stereocenters. The second kappa shape index (κ2) is 7.27. The standard InChI is InChI=1S/C14H15Cl2NOS/c15-10-3-4-13(16)12(8-10)14(18)9-17-6-5-11-2-1-7-19-11/h1-4,7-8,14,17-18H,5-6,9H2. The number of nitrogens with one attached hydrogen (secondary N) is 1. The molecule has 0 bridgehead atoms. The molecule has 1 aromatic heterocycles. The lowest BCUT2D eigenvalue weighted by molar-refractivity contribution is 0.175. The van der Waals surface area contributed by atoms with Crippen LogP contribution in [0.1, 0.15) is 16.5 Å². The average Bonchev–Trinajstić information content (AvgIpc) is 2.90. The van der Waals surface area contributed by atoms with Crippen LogP contribution in [0.3, 0.4) is 0 Å². The summed E-state index contributed by atoms with van der Waals surface area (Å²) in [6.07, 6.45) is 0.322. The maximum Gasteiger partial charge on any atom is 0.0929 e. The van der Waals surface area contributed by atoms with Gasteiger partial charge in [0, 0.05) is 33.6 Å². The number of aliphatic hydroxyl groups excluding tert-OH is 1. The summed E-state index contributed by atoms with van der Waals surface area (Å²) in [6, 6.07) is 9.27. The molecule has 5 heteroatoms. The quantitative estimate of drug-likeness (QED) is 0.792. The lowest BCUT2D eigenvalue weighted by Gasteiger charge is -2.14. The van der Waals surface area contributed by atoms with Crippen LogP contribution in [0.2, 0.25) is 10.0 Å². The van der Waals surface area contributed by atoms with Gasteiger partial charge in [-0.15, -0.1) is 11.3 Å². The third-order valence-corrected chi connectivity index (χ3v) is 4.30. The summed E-state index contributed by atoms with van der Waals surface area (Å²) in [7, 11) is 0. The zero-order chi connectivity index (χ0) is 13.7. The normalized spacial score (nSPS) is 12.6. The Kier molecular flexibility index (Phi) is 5.67. The largest absolute Gasteiger partial charge is 0.387 e. The van der Waals surface area contributed by atoms with Gasteiger partial charge in [0.25, 0.3) is 0 Å². The van der Waals surface area contributed by atoms with E-state index >= 15 is 0 Å². The molecule has 19 heavy (non-hydrogen) atoms. The highest BCUT2D eigenvalue weighted by Gasteiger charge is 2.11. The minimum absolute atomic E-state index is 0.464. The molecular weight excluding hydrogens is 301 g/mol. The van der Waals surface area contributed by atoms with Gasteiger partial charge in [-0.1, -0.05) is 29.3 Å². The van der Waals surface area contributed by atoms with Gasteiger partial charge in [-0.2, -0.15) is 0 Å². The van der Waals surface area contributed by atoms with E-state index in [0.29, 0.717) is 22.2 Å². The Morgan fingerprint density at radius 2 is 2.11 bits per heavy atom. The van der Waals surface area contributed by atoms with Crippen molar-refractivity contribution in [2.45, 2.75) is 12.5 Å². The van der Waals surface area contributed by atoms with Gasteiger partial charge in [0.05, 0.1) is 6.10 Å². The highest BCUT2D eigenvalue weighted by Crippen LogP contribution is 2.25. The molecule has 0 spiro atoms. The first-order valence-electron chi connectivity index (χ1n) is 6.03. The first kappa shape index (κ1) is 14.8. The van der Waals surface area contributed by atoms with Crippen molar-refractivity contribution in [3.63, 3.8) is 0 Å². The summed E-state index contributed by atoms with van der Waals surface area (Å²) in [4.78, 5) is 1.34. The van der Waals surface area contributed by atoms with E-state index in [1.807, 2.05) is 6.07 Å². The maximum absolute atomic E-state index is 10.1. The van der Waals surface area contributed by atoms with Gasteiger partial charge in [0.2, 0.25) is 0 Å². The lowest BCUT2D eigenvalue weighted by Crippen LogP contribution is -2.23. The van der Waals surface area contributed by atoms with Crippen LogP contribution >= 0.6 is 34.5 Å². The second-order valence-corrected chi connectivity index (χ2v) is 6.09. The summed E-state index contributed by atoms with van der Waals surface area (Å²) < 4.78 is 0. The van der Waals surface area contributed by atoms with E-state index in [-0.39, 0.29) is 0 Å². The monoisotopic (exact) mass is 315 g/mol. The third-order valence-electron chi connectivity index (χ3n) is 2.78. The van der Waals surface area contributed by atoms with Crippen LogP contribution in [0.5, 0.6) is 0 Å². The molecule has 1 atom stereocenters. The Labute approximate surface area is 127 Å². The lowest BCUT2D eigenvalue weighted by atomic mass is 10.1. The van der Waals surface area contributed by atoms with Crippen LogP contribution in [0.4, 0.5) is 0 Å². The highest BCUT2D eigenvalue weighted by atomic mass is 35.5. The van der Waals surface area contributed by atoms with E-state index in [2.05, 4.69) is 16.8 Å². The van der Waals surface area contributed by atoms with Crippen LogP contribution in [0.25, 0.3) is 0 Å². The molecule has 102 valence electrons. The van der Waals surface area contributed by atoms with E-state index in [1.165, 1.54) is 4.88 Å². The molecule has 0 aliphatic rings. The maximum atomic E-state index is 10.1. The van der Waals surface area contributed by atoms with Crippen LogP contribution in [-0.4, -0.2) is 18.2 Å². The number of rotatable bonds is 6. The topological polar surface area (TPSA) is 32.3 Å². The van der Waals surface area contributed by atoms with Crippen LogP contribution in [0.15, 0.2) is 35.7 Å². The fraction of sp³-hybridized carbons (Fsp3) is 0.286. The summed E-state index contributed by atoms with van der Waals surface area (Å²) in [5.41, 5.74) is 0.665. The molecule has 2 N–H and O–H groups in total. The Balaban J connectivity index is 1.80. The second-order valence-electron chi connectivity index (χ2n) is 4.22. The first-order valence-corrected chi connectivity index (χ1v) is 7.66. The van der Waals surface area contributed by atoms with Gasteiger partial charge >= 0.3 is 0 Å². The van der Waals surface area contributed by atoms with Gasteiger partial charge in [-0.05, 0) is 36.1 Å². The van der Waals surface area contributed by atoms with Crippen molar-refractivity contribution in [2.24, 2.45) is 0 Å². The zero-order valence-electron chi connectivity index (χ0n) is 10.3. The summed E-state index contributed by atoms with van der Waals surface area (Å²) in [5.74, 6) is 0. The van der Waals surface area contributed by atoms with Gasteiger partial charge in [-0.25, -0.2) is 0 Å². The fourth-order valence-electron chi connectivity index (χ4n) is 1.79. The van der Waals surface area contributed by atoms with Crippen LogP contribution < -0.4 is 5.32 Å². The highest BCUT2D eigenvalue weighted by molar-refractivity contribution is 7.09. The number of hydrogen-bond donors (Lipinski definition) is 2. The number of aliphatic hydroxyl groups is 1. The van der Waals surface area contributed by atoms with E-state index in [1.54, 1.807) is 29.5 Å². The summed E-state index contributed by atoms with van der Waals surface area (Å²) in [5, 5.41) is 16.5. The van der Waals surface area contributed by atoms with Gasteiger partial charge in [0.1, 0.15) is 0 Å². The minimum Gasteiger partial charge on any atom is -0.387 e.